The standard InChI is InChI=1S/C13H14N2O3/c14-10-3-1-4-11(7-10)15-13(16)9-17-8-12-5-2-6-18-12/h1-7H,8-9,14H2,(H,15,16). The summed E-state index contributed by atoms with van der Waals surface area (Å²) in [5, 5.41) is 2.69. The summed E-state index contributed by atoms with van der Waals surface area (Å²) < 4.78 is 10.3. The monoisotopic (exact) mass is 246 g/mol. The highest BCUT2D eigenvalue weighted by Gasteiger charge is 2.03. The Labute approximate surface area is 105 Å². The van der Waals surface area contributed by atoms with Crippen molar-refractivity contribution in [2.75, 3.05) is 17.7 Å². The molecule has 0 fully saturated rings. The van der Waals surface area contributed by atoms with E-state index in [2.05, 4.69) is 5.32 Å². The average Bonchev–Trinajstić information content (AvgIpc) is 2.82. The predicted octanol–water partition coefficient (Wildman–Crippen LogP) is 2.02. The van der Waals surface area contributed by atoms with E-state index in [9.17, 15) is 4.79 Å². The van der Waals surface area contributed by atoms with Crippen LogP contribution in [0, 0.1) is 0 Å². The van der Waals surface area contributed by atoms with Gasteiger partial charge in [-0.3, -0.25) is 4.79 Å². The Kier molecular flexibility index (Phi) is 3.98. The molecule has 0 spiro atoms. The zero-order chi connectivity index (χ0) is 12.8. The molecule has 2 aromatic rings. The van der Waals surface area contributed by atoms with Crippen molar-refractivity contribution >= 4 is 17.3 Å². The Bertz CT molecular complexity index is 509. The van der Waals surface area contributed by atoms with Gasteiger partial charge in [0.1, 0.15) is 19.0 Å². The van der Waals surface area contributed by atoms with Gasteiger partial charge in [-0.05, 0) is 30.3 Å². The number of furan rings is 1. The molecule has 0 unspecified atom stereocenters. The van der Waals surface area contributed by atoms with Gasteiger partial charge >= 0.3 is 0 Å². The van der Waals surface area contributed by atoms with E-state index in [1.165, 1.54) is 0 Å². The van der Waals surface area contributed by atoms with Crippen LogP contribution >= 0.6 is 0 Å². The molecule has 0 atom stereocenters. The number of nitrogens with one attached hydrogen (secondary N) is 1. The largest absolute Gasteiger partial charge is 0.467 e. The first-order valence-corrected chi connectivity index (χ1v) is 5.49. The van der Waals surface area contributed by atoms with Gasteiger partial charge in [-0.25, -0.2) is 0 Å². The summed E-state index contributed by atoms with van der Waals surface area (Å²) in [5.41, 5.74) is 6.86. The molecule has 2 rings (SSSR count). The van der Waals surface area contributed by atoms with Crippen molar-refractivity contribution in [2.24, 2.45) is 0 Å². The van der Waals surface area contributed by atoms with Gasteiger partial charge in [-0.2, -0.15) is 0 Å². The number of benzene rings is 1. The van der Waals surface area contributed by atoms with E-state index in [1.54, 1.807) is 42.7 Å². The van der Waals surface area contributed by atoms with Crippen molar-refractivity contribution in [2.45, 2.75) is 6.61 Å². The fourth-order valence-electron chi connectivity index (χ4n) is 1.45. The van der Waals surface area contributed by atoms with E-state index in [0.29, 0.717) is 17.1 Å². The lowest BCUT2D eigenvalue weighted by molar-refractivity contribution is -0.121. The van der Waals surface area contributed by atoms with Crippen molar-refractivity contribution < 1.29 is 13.9 Å². The molecule has 5 heteroatoms. The minimum Gasteiger partial charge on any atom is -0.467 e. The van der Waals surface area contributed by atoms with Crippen LogP contribution in [0.3, 0.4) is 0 Å². The molecule has 0 aliphatic heterocycles. The molecule has 3 N–H and O–H groups in total. The molecule has 0 bridgehead atoms. The van der Waals surface area contributed by atoms with E-state index in [4.69, 9.17) is 14.9 Å². The number of ether oxygens (including phenoxy) is 1. The number of nitrogen functional groups attached to an aromatic ring is 1. The van der Waals surface area contributed by atoms with Gasteiger partial charge in [0.25, 0.3) is 0 Å². The second kappa shape index (κ2) is 5.88. The Morgan fingerprint density at radius 3 is 2.94 bits per heavy atom. The average molecular weight is 246 g/mol. The van der Waals surface area contributed by atoms with Gasteiger partial charge in [0.05, 0.1) is 6.26 Å². The SMILES string of the molecule is Nc1cccc(NC(=O)COCc2ccco2)c1. The smallest absolute Gasteiger partial charge is 0.250 e. The molecule has 0 aliphatic carbocycles. The molecule has 5 nitrogen and oxygen atoms in total. The maximum Gasteiger partial charge on any atom is 0.250 e. The summed E-state index contributed by atoms with van der Waals surface area (Å²) in [5.74, 6) is 0.457. The summed E-state index contributed by atoms with van der Waals surface area (Å²) >= 11 is 0. The molecular weight excluding hydrogens is 232 g/mol. The van der Waals surface area contributed by atoms with Crippen molar-refractivity contribution in [1.29, 1.82) is 0 Å². The highest BCUT2D eigenvalue weighted by Crippen LogP contribution is 2.11. The number of rotatable bonds is 5. The number of amides is 1. The summed E-state index contributed by atoms with van der Waals surface area (Å²) in [6, 6.07) is 10.5. The number of anilines is 2. The summed E-state index contributed by atoms with van der Waals surface area (Å²) in [7, 11) is 0. The zero-order valence-electron chi connectivity index (χ0n) is 9.76. The molecule has 18 heavy (non-hydrogen) atoms. The lowest BCUT2D eigenvalue weighted by atomic mass is 10.3. The summed E-state index contributed by atoms with van der Waals surface area (Å²) in [6.45, 7) is 0.243. The molecule has 0 saturated heterocycles. The van der Waals surface area contributed by atoms with Gasteiger partial charge in [-0.1, -0.05) is 6.07 Å². The van der Waals surface area contributed by atoms with Crippen molar-refractivity contribution in [3.8, 4) is 0 Å². The lowest BCUT2D eigenvalue weighted by Crippen LogP contribution is -2.18. The molecule has 1 heterocycles. The second-order valence-electron chi connectivity index (χ2n) is 3.75. The van der Waals surface area contributed by atoms with Crippen LogP contribution in [-0.2, 0) is 16.1 Å². The van der Waals surface area contributed by atoms with Crippen LogP contribution in [0.4, 0.5) is 11.4 Å². The zero-order valence-corrected chi connectivity index (χ0v) is 9.76. The third-order valence-electron chi connectivity index (χ3n) is 2.23. The Balaban J connectivity index is 1.75. The first kappa shape index (κ1) is 12.2. The quantitative estimate of drug-likeness (QED) is 0.791. The van der Waals surface area contributed by atoms with Gasteiger partial charge in [0.15, 0.2) is 0 Å². The summed E-state index contributed by atoms with van der Waals surface area (Å²) in [6.07, 6.45) is 1.56. The van der Waals surface area contributed by atoms with E-state index >= 15 is 0 Å². The maximum atomic E-state index is 11.5. The van der Waals surface area contributed by atoms with Crippen LogP contribution in [0.25, 0.3) is 0 Å². The van der Waals surface area contributed by atoms with E-state index in [1.807, 2.05) is 0 Å². The summed E-state index contributed by atoms with van der Waals surface area (Å²) in [4.78, 5) is 11.5. The van der Waals surface area contributed by atoms with Crippen molar-refractivity contribution in [3.63, 3.8) is 0 Å². The first-order valence-electron chi connectivity index (χ1n) is 5.49. The Morgan fingerprint density at radius 2 is 2.22 bits per heavy atom. The minimum atomic E-state index is -0.229. The number of carbonyl (C=O) groups is 1. The topological polar surface area (TPSA) is 77.5 Å². The first-order chi connectivity index (χ1) is 8.74. The number of nitrogens with two attached hydrogens (primary N) is 1. The lowest BCUT2D eigenvalue weighted by Gasteiger charge is -2.06. The molecule has 94 valence electrons. The third kappa shape index (κ3) is 3.64. The van der Waals surface area contributed by atoms with Crippen LogP contribution in [-0.4, -0.2) is 12.5 Å². The van der Waals surface area contributed by atoms with E-state index in [-0.39, 0.29) is 19.1 Å². The van der Waals surface area contributed by atoms with Crippen LogP contribution in [0.5, 0.6) is 0 Å². The molecular formula is C13H14N2O3. The molecule has 0 saturated carbocycles. The second-order valence-corrected chi connectivity index (χ2v) is 3.75. The minimum absolute atomic E-state index is 0.0322. The number of carbonyl (C=O) groups excluding carboxylic acids is 1. The van der Waals surface area contributed by atoms with Gasteiger partial charge in [0.2, 0.25) is 5.91 Å². The van der Waals surface area contributed by atoms with Crippen LogP contribution in [0.1, 0.15) is 5.76 Å². The number of hydrogen-bond donors (Lipinski definition) is 2. The van der Waals surface area contributed by atoms with Gasteiger partial charge < -0.3 is 20.2 Å². The van der Waals surface area contributed by atoms with Crippen LogP contribution in [0.2, 0.25) is 0 Å². The fraction of sp³-hybridized carbons (Fsp3) is 0.154. The Hall–Kier alpha value is -2.27. The van der Waals surface area contributed by atoms with Crippen molar-refractivity contribution in [3.05, 3.63) is 48.4 Å². The maximum absolute atomic E-state index is 11.5. The normalized spacial score (nSPS) is 10.2. The predicted molar refractivity (Wildman–Crippen MR) is 67.8 cm³/mol. The highest BCUT2D eigenvalue weighted by atomic mass is 16.5. The third-order valence-corrected chi connectivity index (χ3v) is 2.23. The van der Waals surface area contributed by atoms with Crippen LogP contribution < -0.4 is 11.1 Å². The fourth-order valence-corrected chi connectivity index (χ4v) is 1.45. The molecule has 0 aliphatic rings. The molecule has 1 aromatic heterocycles. The van der Waals surface area contributed by atoms with Gasteiger partial charge in [0, 0.05) is 11.4 Å². The van der Waals surface area contributed by atoms with Gasteiger partial charge in [-0.15, -0.1) is 0 Å². The van der Waals surface area contributed by atoms with Crippen molar-refractivity contribution in [1.82, 2.24) is 0 Å². The number of hydrogen-bond acceptors (Lipinski definition) is 4. The molecule has 1 aromatic carbocycles. The van der Waals surface area contributed by atoms with Crippen LogP contribution in [0.15, 0.2) is 47.1 Å². The Morgan fingerprint density at radius 1 is 1.33 bits per heavy atom. The highest BCUT2D eigenvalue weighted by molar-refractivity contribution is 5.92. The van der Waals surface area contributed by atoms with E-state index < -0.39 is 0 Å². The molecule has 1 amide bonds. The molecule has 0 radical (unpaired) electrons. The van der Waals surface area contributed by atoms with E-state index in [0.717, 1.165) is 0 Å².